The highest BCUT2D eigenvalue weighted by Crippen LogP contribution is 2.29. The van der Waals surface area contributed by atoms with Crippen molar-refractivity contribution in [1.82, 2.24) is 4.98 Å². The van der Waals surface area contributed by atoms with Gasteiger partial charge >= 0.3 is 0 Å². The SMILES string of the molecule is CC(N)(C(=O)Nc1nc2c(s1)CCCCCC2)c1ccccc1.Cl. The highest BCUT2D eigenvalue weighted by Gasteiger charge is 2.31. The molecule has 0 radical (unpaired) electrons. The summed E-state index contributed by atoms with van der Waals surface area (Å²) in [6.45, 7) is 1.74. The molecule has 1 heterocycles. The molecule has 1 unspecified atom stereocenters. The van der Waals surface area contributed by atoms with Crippen LogP contribution in [-0.2, 0) is 23.2 Å². The Hall–Kier alpha value is -1.43. The number of nitrogens with one attached hydrogen (secondary N) is 1. The summed E-state index contributed by atoms with van der Waals surface area (Å²) >= 11 is 1.60. The molecule has 0 saturated carbocycles. The lowest BCUT2D eigenvalue weighted by atomic mass is 9.92. The zero-order valence-corrected chi connectivity index (χ0v) is 15.5. The van der Waals surface area contributed by atoms with Crippen LogP contribution in [0.1, 0.15) is 48.7 Å². The number of thiazole rings is 1. The van der Waals surface area contributed by atoms with Crippen LogP contribution in [0.2, 0.25) is 0 Å². The first-order valence-corrected chi connectivity index (χ1v) is 9.03. The summed E-state index contributed by atoms with van der Waals surface area (Å²) in [5, 5.41) is 3.60. The Balaban J connectivity index is 0.00000208. The van der Waals surface area contributed by atoms with Crippen LogP contribution in [0, 0.1) is 0 Å². The molecule has 1 aromatic heterocycles. The molecular weight excluding hydrogens is 342 g/mol. The first-order valence-electron chi connectivity index (χ1n) is 8.22. The number of hydrogen-bond acceptors (Lipinski definition) is 4. The Morgan fingerprint density at radius 2 is 1.83 bits per heavy atom. The fourth-order valence-electron chi connectivity index (χ4n) is 2.90. The Labute approximate surface area is 153 Å². The standard InChI is InChI=1S/C18H23N3OS.ClH/c1-18(19,13-9-5-4-6-10-13)16(22)21-17-20-14-11-7-2-3-8-12-15(14)23-17;/h4-6,9-10H,2-3,7-8,11-12,19H2,1H3,(H,20,21,22);1H. The lowest BCUT2D eigenvalue weighted by Crippen LogP contribution is -2.45. The smallest absolute Gasteiger partial charge is 0.250 e. The summed E-state index contributed by atoms with van der Waals surface area (Å²) in [7, 11) is 0. The molecule has 3 N–H and O–H groups in total. The van der Waals surface area contributed by atoms with Crippen LogP contribution in [0.5, 0.6) is 0 Å². The number of hydrogen-bond donors (Lipinski definition) is 2. The van der Waals surface area contributed by atoms with Crippen molar-refractivity contribution >= 4 is 34.8 Å². The summed E-state index contributed by atoms with van der Waals surface area (Å²) in [4.78, 5) is 18.6. The van der Waals surface area contributed by atoms with E-state index in [1.54, 1.807) is 18.3 Å². The van der Waals surface area contributed by atoms with Crippen LogP contribution in [0.4, 0.5) is 5.13 Å². The molecular formula is C18H24ClN3OS. The van der Waals surface area contributed by atoms with Crippen LogP contribution in [-0.4, -0.2) is 10.9 Å². The number of carbonyl (C=O) groups is 1. The maximum Gasteiger partial charge on any atom is 0.250 e. The number of carbonyl (C=O) groups excluding carboxylic acids is 1. The molecule has 2 aromatic rings. The van der Waals surface area contributed by atoms with E-state index in [-0.39, 0.29) is 18.3 Å². The van der Waals surface area contributed by atoms with E-state index in [9.17, 15) is 4.79 Å². The van der Waals surface area contributed by atoms with Gasteiger partial charge < -0.3 is 11.1 Å². The maximum atomic E-state index is 12.6. The van der Waals surface area contributed by atoms with Crippen LogP contribution in [0.25, 0.3) is 0 Å². The third-order valence-corrected chi connectivity index (χ3v) is 5.48. The average molecular weight is 366 g/mol. The number of nitrogens with zero attached hydrogens (tertiary/aromatic N) is 1. The fourth-order valence-corrected chi connectivity index (χ4v) is 3.95. The number of fused-ring (bicyclic) bond motifs is 1. The predicted octanol–water partition coefficient (Wildman–Crippen LogP) is 4.04. The summed E-state index contributed by atoms with van der Waals surface area (Å²) < 4.78 is 0. The minimum Gasteiger partial charge on any atom is -0.314 e. The number of aromatic nitrogens is 1. The molecule has 3 rings (SSSR count). The lowest BCUT2D eigenvalue weighted by molar-refractivity contribution is -0.120. The summed E-state index contributed by atoms with van der Waals surface area (Å²) in [6.07, 6.45) is 7.03. The van der Waals surface area contributed by atoms with Gasteiger partial charge in [-0.3, -0.25) is 4.79 Å². The van der Waals surface area contributed by atoms with Crippen molar-refractivity contribution in [2.75, 3.05) is 5.32 Å². The minimum absolute atomic E-state index is 0. The zero-order valence-electron chi connectivity index (χ0n) is 13.9. The van der Waals surface area contributed by atoms with Gasteiger partial charge in [0.1, 0.15) is 5.54 Å². The highest BCUT2D eigenvalue weighted by atomic mass is 35.5. The maximum absolute atomic E-state index is 12.6. The Morgan fingerprint density at radius 3 is 2.54 bits per heavy atom. The van der Waals surface area contributed by atoms with Gasteiger partial charge in [-0.05, 0) is 38.2 Å². The molecule has 4 nitrogen and oxygen atoms in total. The molecule has 130 valence electrons. The van der Waals surface area contributed by atoms with E-state index in [0.29, 0.717) is 5.13 Å². The molecule has 6 heteroatoms. The summed E-state index contributed by atoms with van der Waals surface area (Å²) in [6, 6.07) is 9.45. The number of benzene rings is 1. The zero-order chi connectivity index (χ0) is 16.3. The average Bonchev–Trinajstić information content (AvgIpc) is 2.89. The second-order valence-corrected chi connectivity index (χ2v) is 7.41. The third-order valence-electron chi connectivity index (χ3n) is 4.41. The van der Waals surface area contributed by atoms with Gasteiger partial charge in [-0.1, -0.05) is 43.2 Å². The van der Waals surface area contributed by atoms with Crippen molar-refractivity contribution in [1.29, 1.82) is 0 Å². The highest BCUT2D eigenvalue weighted by molar-refractivity contribution is 7.15. The van der Waals surface area contributed by atoms with Gasteiger partial charge in [0.2, 0.25) is 0 Å². The lowest BCUT2D eigenvalue weighted by Gasteiger charge is -2.23. The van der Waals surface area contributed by atoms with Crippen molar-refractivity contribution in [2.24, 2.45) is 5.73 Å². The number of rotatable bonds is 3. The first-order chi connectivity index (χ1) is 11.1. The molecule has 1 amide bonds. The van der Waals surface area contributed by atoms with Crippen LogP contribution in [0.15, 0.2) is 30.3 Å². The normalized spacial score (nSPS) is 16.8. The van der Waals surface area contributed by atoms with Crippen molar-refractivity contribution in [2.45, 2.75) is 51.0 Å². The molecule has 0 aliphatic heterocycles. The van der Waals surface area contributed by atoms with E-state index < -0.39 is 5.54 Å². The van der Waals surface area contributed by atoms with Crippen LogP contribution >= 0.6 is 23.7 Å². The van der Waals surface area contributed by atoms with Crippen LogP contribution < -0.4 is 11.1 Å². The topological polar surface area (TPSA) is 68.0 Å². The summed E-state index contributed by atoms with van der Waals surface area (Å²) in [5.41, 5.74) is 7.15. The van der Waals surface area contributed by atoms with Gasteiger partial charge in [-0.2, -0.15) is 0 Å². The minimum atomic E-state index is -1.07. The number of halogens is 1. The van der Waals surface area contributed by atoms with E-state index in [0.717, 1.165) is 24.1 Å². The summed E-state index contributed by atoms with van der Waals surface area (Å²) in [5.74, 6) is -0.217. The predicted molar refractivity (Wildman–Crippen MR) is 102 cm³/mol. The second-order valence-electron chi connectivity index (χ2n) is 6.33. The molecule has 1 aliphatic rings. The van der Waals surface area contributed by atoms with E-state index in [4.69, 9.17) is 5.73 Å². The number of anilines is 1. The Bertz CT molecular complexity index is 659. The molecule has 0 bridgehead atoms. The molecule has 1 aliphatic carbocycles. The number of nitrogens with two attached hydrogens (primary N) is 1. The number of amides is 1. The Morgan fingerprint density at radius 1 is 1.17 bits per heavy atom. The van der Waals surface area contributed by atoms with E-state index in [1.807, 2.05) is 30.3 Å². The van der Waals surface area contributed by atoms with Gasteiger partial charge in [0.05, 0.1) is 5.69 Å². The molecule has 0 saturated heterocycles. The van der Waals surface area contributed by atoms with Crippen molar-refractivity contribution < 1.29 is 4.79 Å². The van der Waals surface area contributed by atoms with Crippen molar-refractivity contribution in [3.8, 4) is 0 Å². The van der Waals surface area contributed by atoms with E-state index >= 15 is 0 Å². The van der Waals surface area contributed by atoms with Gasteiger partial charge in [0.25, 0.3) is 5.91 Å². The molecule has 0 spiro atoms. The quantitative estimate of drug-likeness (QED) is 0.862. The fraction of sp³-hybridized carbons (Fsp3) is 0.444. The molecule has 1 aromatic carbocycles. The molecule has 1 atom stereocenters. The van der Waals surface area contributed by atoms with Gasteiger partial charge in [0, 0.05) is 4.88 Å². The second kappa shape index (κ2) is 8.10. The number of aryl methyl sites for hydroxylation is 2. The van der Waals surface area contributed by atoms with E-state index in [2.05, 4.69) is 10.3 Å². The largest absolute Gasteiger partial charge is 0.314 e. The Kier molecular flexibility index (Phi) is 6.38. The molecule has 24 heavy (non-hydrogen) atoms. The monoisotopic (exact) mass is 365 g/mol. The van der Waals surface area contributed by atoms with Gasteiger partial charge in [-0.25, -0.2) is 4.98 Å². The van der Waals surface area contributed by atoms with Crippen LogP contribution in [0.3, 0.4) is 0 Å². The van der Waals surface area contributed by atoms with E-state index in [1.165, 1.54) is 30.6 Å². The van der Waals surface area contributed by atoms with Crippen molar-refractivity contribution in [3.05, 3.63) is 46.5 Å². The van der Waals surface area contributed by atoms with Crippen molar-refractivity contribution in [3.63, 3.8) is 0 Å². The van der Waals surface area contributed by atoms with Gasteiger partial charge in [0.15, 0.2) is 5.13 Å². The first kappa shape index (κ1) is 18.9. The van der Waals surface area contributed by atoms with Gasteiger partial charge in [-0.15, -0.1) is 23.7 Å². The molecule has 0 fully saturated rings. The third kappa shape index (κ3) is 4.15.